The van der Waals surface area contributed by atoms with E-state index < -0.39 is 6.29 Å². The Morgan fingerprint density at radius 2 is 1.33 bits per heavy atom. The number of quaternary nitrogens is 1. The third kappa shape index (κ3) is 19.4. The van der Waals surface area contributed by atoms with Crippen molar-refractivity contribution in [1.29, 1.82) is 0 Å². The van der Waals surface area contributed by atoms with Crippen molar-refractivity contribution in [2.24, 2.45) is 0 Å². The molecule has 0 heterocycles. The third-order valence-electron chi connectivity index (χ3n) is 3.73. The number of aliphatic hydroxyl groups excluding tert-OH is 1. The van der Waals surface area contributed by atoms with Crippen molar-refractivity contribution in [3.05, 3.63) is 12.0 Å². The van der Waals surface area contributed by atoms with E-state index in [0.29, 0.717) is 4.48 Å². The summed E-state index contributed by atoms with van der Waals surface area (Å²) in [5, 5.41) is 17.9. The average Bonchev–Trinajstić information content (AvgIpc) is 2.45. The van der Waals surface area contributed by atoms with Gasteiger partial charge < -0.3 is 24.9 Å². The van der Waals surface area contributed by atoms with E-state index in [1.165, 1.54) is 57.8 Å². The summed E-state index contributed by atoms with van der Waals surface area (Å²) in [6.45, 7) is 2.20. The normalized spacial score (nSPS) is 12.4. The van der Waals surface area contributed by atoms with E-state index in [1.807, 2.05) is 6.20 Å². The number of unbranched alkanes of at least 4 members (excludes halogenated alkanes) is 9. The highest BCUT2D eigenvalue weighted by atomic mass is 16.5. The zero-order chi connectivity index (χ0) is 17.6. The average molecular weight is 348 g/mol. The van der Waals surface area contributed by atoms with Gasteiger partial charge in [0.1, 0.15) is 18.6 Å². The van der Waals surface area contributed by atoms with E-state index >= 15 is 0 Å². The van der Waals surface area contributed by atoms with Crippen molar-refractivity contribution in [2.45, 2.75) is 83.8 Å². The molecule has 5 nitrogen and oxygen atoms in total. The predicted octanol–water partition coefficient (Wildman–Crippen LogP) is 4.00. The maximum atomic E-state index is 8.94. The number of ether oxygens (including phenoxy) is 1. The Hall–Kier alpha value is -0.620. The second kappa shape index (κ2) is 15.9. The summed E-state index contributed by atoms with van der Waals surface area (Å²) in [5.41, 5.74) is 0. The smallest absolute Gasteiger partial charge is 0.186 e. The Morgan fingerprint density at radius 1 is 0.875 bits per heavy atom. The number of hydrogen-bond acceptors (Lipinski definition) is 4. The molecule has 0 fully saturated rings. The summed E-state index contributed by atoms with van der Waals surface area (Å²) in [6.07, 6.45) is 14.7. The number of nitrogens with zero attached hydrogens (tertiary/aromatic N) is 1. The quantitative estimate of drug-likeness (QED) is 0.203. The summed E-state index contributed by atoms with van der Waals surface area (Å²) >= 11 is 0. The second-order valence-electron chi connectivity index (χ2n) is 7.44. The molecule has 0 radical (unpaired) electrons. The minimum Gasteiger partial charge on any atom is -0.870 e. The largest absolute Gasteiger partial charge is 0.870 e. The lowest BCUT2D eigenvalue weighted by molar-refractivity contribution is -0.818. The van der Waals surface area contributed by atoms with Crippen LogP contribution in [0.4, 0.5) is 0 Å². The van der Waals surface area contributed by atoms with Crippen LogP contribution in [0.2, 0.25) is 0 Å². The van der Waals surface area contributed by atoms with Gasteiger partial charge in [0.2, 0.25) is 0 Å². The predicted molar refractivity (Wildman–Crippen MR) is 98.7 cm³/mol. The fraction of sp³-hybridized carbons (Fsp3) is 0.895. The van der Waals surface area contributed by atoms with Crippen LogP contribution in [0.15, 0.2) is 12.0 Å². The van der Waals surface area contributed by atoms with Crippen molar-refractivity contribution in [3.63, 3.8) is 0 Å². The zero-order valence-corrected chi connectivity index (χ0v) is 16.3. The van der Waals surface area contributed by atoms with Crippen LogP contribution in [0.3, 0.4) is 0 Å². The van der Waals surface area contributed by atoms with Crippen LogP contribution in [0.5, 0.6) is 0 Å². The molecular formula is C19H41NO4. The Balaban J connectivity index is 0. The van der Waals surface area contributed by atoms with Gasteiger partial charge in [-0.15, -0.1) is 0 Å². The van der Waals surface area contributed by atoms with E-state index in [0.717, 1.165) is 18.6 Å². The van der Waals surface area contributed by atoms with E-state index in [4.69, 9.17) is 14.9 Å². The first-order valence-corrected chi connectivity index (χ1v) is 9.37. The SMILES string of the molecule is CCCCCCCCCCCCC(=C[N+](C)(C)C)OCC(O)O.[OH-]. The van der Waals surface area contributed by atoms with Gasteiger partial charge in [-0.05, 0) is 6.42 Å². The summed E-state index contributed by atoms with van der Waals surface area (Å²) in [4.78, 5) is 0. The maximum absolute atomic E-state index is 8.94. The van der Waals surface area contributed by atoms with Gasteiger partial charge in [-0.2, -0.15) is 0 Å². The van der Waals surface area contributed by atoms with Gasteiger partial charge in [0.15, 0.2) is 6.29 Å². The number of allylic oxidation sites excluding steroid dienone is 1. The van der Waals surface area contributed by atoms with Gasteiger partial charge in [0, 0.05) is 6.42 Å². The summed E-state index contributed by atoms with van der Waals surface area (Å²) < 4.78 is 6.18. The topological polar surface area (TPSA) is 79.7 Å². The molecule has 5 heteroatoms. The van der Waals surface area contributed by atoms with Crippen molar-refractivity contribution in [3.8, 4) is 0 Å². The molecule has 0 rings (SSSR count). The van der Waals surface area contributed by atoms with Gasteiger partial charge in [0.25, 0.3) is 0 Å². The molecule has 0 aliphatic carbocycles. The van der Waals surface area contributed by atoms with Crippen LogP contribution in [0, 0.1) is 0 Å². The number of rotatable bonds is 15. The first-order valence-electron chi connectivity index (χ1n) is 9.37. The molecule has 146 valence electrons. The first-order chi connectivity index (χ1) is 10.8. The molecule has 0 aromatic rings. The minimum absolute atomic E-state index is 0. The molecule has 0 atom stereocenters. The van der Waals surface area contributed by atoms with Crippen LogP contribution in [-0.4, -0.2) is 54.2 Å². The molecule has 0 bridgehead atoms. The van der Waals surface area contributed by atoms with Crippen LogP contribution >= 0.6 is 0 Å². The van der Waals surface area contributed by atoms with Crippen LogP contribution in [0.25, 0.3) is 0 Å². The van der Waals surface area contributed by atoms with Gasteiger partial charge in [-0.3, -0.25) is 0 Å². The molecular weight excluding hydrogens is 306 g/mol. The molecule has 0 saturated carbocycles. The fourth-order valence-corrected chi connectivity index (χ4v) is 2.57. The van der Waals surface area contributed by atoms with E-state index in [-0.39, 0.29) is 12.1 Å². The molecule has 0 spiro atoms. The van der Waals surface area contributed by atoms with Crippen molar-refractivity contribution in [2.75, 3.05) is 27.7 Å². The zero-order valence-electron chi connectivity index (χ0n) is 16.3. The molecule has 0 amide bonds. The molecule has 0 aliphatic heterocycles. The summed E-state index contributed by atoms with van der Waals surface area (Å²) in [6, 6.07) is 0. The van der Waals surface area contributed by atoms with Crippen LogP contribution < -0.4 is 0 Å². The molecule has 0 aromatic carbocycles. The number of aliphatic hydroxyl groups is 2. The summed E-state index contributed by atoms with van der Waals surface area (Å²) in [5.74, 6) is 0.866. The highest BCUT2D eigenvalue weighted by Gasteiger charge is 2.10. The summed E-state index contributed by atoms with van der Waals surface area (Å²) in [7, 11) is 6.20. The minimum atomic E-state index is -1.40. The Kier molecular flexibility index (Phi) is 17.0. The lowest BCUT2D eigenvalue weighted by atomic mass is 10.1. The van der Waals surface area contributed by atoms with Crippen molar-refractivity contribution >= 4 is 0 Å². The molecule has 0 aliphatic rings. The molecule has 3 N–H and O–H groups in total. The monoisotopic (exact) mass is 347 g/mol. The second-order valence-corrected chi connectivity index (χ2v) is 7.44. The molecule has 0 unspecified atom stereocenters. The first kappa shape index (κ1) is 25.6. The maximum Gasteiger partial charge on any atom is 0.186 e. The van der Waals surface area contributed by atoms with Crippen LogP contribution in [-0.2, 0) is 4.74 Å². The fourth-order valence-electron chi connectivity index (χ4n) is 2.57. The van der Waals surface area contributed by atoms with Crippen LogP contribution in [0.1, 0.15) is 77.6 Å². The number of hydrogen-bond donors (Lipinski definition) is 2. The van der Waals surface area contributed by atoms with Crippen molar-refractivity contribution < 1.29 is 24.9 Å². The van der Waals surface area contributed by atoms with Gasteiger partial charge in [0.05, 0.1) is 21.1 Å². The highest BCUT2D eigenvalue weighted by Crippen LogP contribution is 2.16. The third-order valence-corrected chi connectivity index (χ3v) is 3.73. The standard InChI is InChI=1S/C19H40NO3.H2O/c1-5-6-7-8-9-10-11-12-13-14-15-18(16-20(2,3)4)23-17-19(21)22;/h16,19,21-22H,5-15,17H2,1-4H3;1H2/q+1;/p-1. The van der Waals surface area contributed by atoms with E-state index in [2.05, 4.69) is 28.1 Å². The molecule has 0 aromatic heterocycles. The molecule has 0 saturated heterocycles. The van der Waals surface area contributed by atoms with E-state index in [1.54, 1.807) is 0 Å². The van der Waals surface area contributed by atoms with E-state index in [9.17, 15) is 0 Å². The lowest BCUT2D eigenvalue weighted by Crippen LogP contribution is -2.28. The van der Waals surface area contributed by atoms with Gasteiger partial charge in [-0.1, -0.05) is 64.7 Å². The molecule has 24 heavy (non-hydrogen) atoms. The highest BCUT2D eigenvalue weighted by molar-refractivity contribution is 4.87. The Labute approximate surface area is 149 Å². The Morgan fingerprint density at radius 3 is 1.75 bits per heavy atom. The van der Waals surface area contributed by atoms with Gasteiger partial charge in [-0.25, -0.2) is 0 Å². The lowest BCUT2D eigenvalue weighted by Gasteiger charge is -2.20. The van der Waals surface area contributed by atoms with Crippen molar-refractivity contribution in [1.82, 2.24) is 0 Å². The van der Waals surface area contributed by atoms with Gasteiger partial charge >= 0.3 is 0 Å². The Bertz CT molecular complexity index is 298.